The van der Waals surface area contributed by atoms with Crippen molar-refractivity contribution in [1.82, 2.24) is 15.5 Å². The molecule has 2 fully saturated rings. The lowest BCUT2D eigenvalue weighted by Gasteiger charge is -2.30. The molecular formula is C17H34N4O. The maximum atomic E-state index is 5.76. The Morgan fingerprint density at radius 3 is 2.77 bits per heavy atom. The summed E-state index contributed by atoms with van der Waals surface area (Å²) in [4.78, 5) is 6.61. The van der Waals surface area contributed by atoms with Crippen molar-refractivity contribution in [2.45, 2.75) is 51.0 Å². The molecule has 2 N–H and O–H groups in total. The lowest BCUT2D eigenvalue weighted by molar-refractivity contribution is -0.0161. The van der Waals surface area contributed by atoms with Gasteiger partial charge in [0.25, 0.3) is 0 Å². The molecule has 0 radical (unpaired) electrons. The molecule has 1 aliphatic carbocycles. The molecule has 0 aromatic carbocycles. The van der Waals surface area contributed by atoms with Crippen LogP contribution >= 0.6 is 0 Å². The van der Waals surface area contributed by atoms with E-state index in [4.69, 9.17) is 4.74 Å². The molecular weight excluding hydrogens is 276 g/mol. The molecule has 2 aliphatic rings. The standard InChI is InChI=1S/C17H34N4O/c1-18-17(20-13-16-14-21(2)11-12-22-16)19-10-6-5-9-15-7-3-4-8-15/h15-16H,3-14H2,1-2H3,(H2,18,19,20). The average molecular weight is 310 g/mol. The van der Waals surface area contributed by atoms with Crippen LogP contribution in [-0.4, -0.2) is 63.8 Å². The minimum atomic E-state index is 0.264. The van der Waals surface area contributed by atoms with Crippen LogP contribution in [0.25, 0.3) is 0 Å². The van der Waals surface area contributed by atoms with Crippen LogP contribution in [0.2, 0.25) is 0 Å². The van der Waals surface area contributed by atoms with Crippen LogP contribution in [0.5, 0.6) is 0 Å². The van der Waals surface area contributed by atoms with Gasteiger partial charge in [-0.1, -0.05) is 38.5 Å². The van der Waals surface area contributed by atoms with Gasteiger partial charge in [0.05, 0.1) is 12.7 Å². The van der Waals surface area contributed by atoms with Gasteiger partial charge in [0.2, 0.25) is 0 Å². The van der Waals surface area contributed by atoms with E-state index in [2.05, 4.69) is 27.6 Å². The molecule has 128 valence electrons. The van der Waals surface area contributed by atoms with Crippen molar-refractivity contribution >= 4 is 5.96 Å². The number of guanidine groups is 1. The predicted molar refractivity (Wildman–Crippen MR) is 92.4 cm³/mol. The number of aliphatic imine (C=N–C) groups is 1. The molecule has 0 aromatic heterocycles. The van der Waals surface area contributed by atoms with E-state index >= 15 is 0 Å². The van der Waals surface area contributed by atoms with Crippen LogP contribution in [0.4, 0.5) is 0 Å². The summed E-state index contributed by atoms with van der Waals surface area (Å²) in [7, 11) is 3.98. The molecule has 1 heterocycles. The lowest BCUT2D eigenvalue weighted by atomic mass is 10.0. The van der Waals surface area contributed by atoms with Gasteiger partial charge in [0.1, 0.15) is 0 Å². The number of unbranched alkanes of at least 4 members (excludes halogenated alkanes) is 1. The molecule has 0 bridgehead atoms. The fraction of sp³-hybridized carbons (Fsp3) is 0.941. The summed E-state index contributed by atoms with van der Waals surface area (Å²) in [6.45, 7) is 4.69. The number of nitrogens with one attached hydrogen (secondary N) is 2. The summed E-state index contributed by atoms with van der Waals surface area (Å²) in [5, 5.41) is 6.79. The molecule has 22 heavy (non-hydrogen) atoms. The normalized spacial score (nSPS) is 24.6. The molecule has 1 saturated carbocycles. The second-order valence-corrected chi connectivity index (χ2v) is 6.78. The summed E-state index contributed by atoms with van der Waals surface area (Å²) in [6.07, 6.45) is 10.1. The second-order valence-electron chi connectivity index (χ2n) is 6.78. The van der Waals surface area contributed by atoms with Crippen molar-refractivity contribution in [3.63, 3.8) is 0 Å². The molecule has 5 heteroatoms. The topological polar surface area (TPSA) is 48.9 Å². The second kappa shape index (κ2) is 10.1. The zero-order chi connectivity index (χ0) is 15.6. The third kappa shape index (κ3) is 6.53. The van der Waals surface area contributed by atoms with Crippen LogP contribution in [-0.2, 0) is 4.74 Å². The van der Waals surface area contributed by atoms with E-state index < -0.39 is 0 Å². The highest BCUT2D eigenvalue weighted by Gasteiger charge is 2.17. The van der Waals surface area contributed by atoms with Crippen molar-refractivity contribution in [2.75, 3.05) is 46.9 Å². The third-order valence-corrected chi connectivity index (χ3v) is 4.87. The Morgan fingerprint density at radius 2 is 2.05 bits per heavy atom. The SMILES string of the molecule is CN=C(NCCCCC1CCCC1)NCC1CN(C)CCO1. The number of nitrogens with zero attached hydrogens (tertiary/aromatic N) is 2. The summed E-state index contributed by atoms with van der Waals surface area (Å²) in [5.74, 6) is 1.91. The largest absolute Gasteiger partial charge is 0.374 e. The van der Waals surface area contributed by atoms with Gasteiger partial charge in [-0.3, -0.25) is 4.99 Å². The molecule has 1 aliphatic heterocycles. The van der Waals surface area contributed by atoms with Crippen molar-refractivity contribution in [3.8, 4) is 0 Å². The Morgan fingerprint density at radius 1 is 1.23 bits per heavy atom. The van der Waals surface area contributed by atoms with E-state index in [1.54, 1.807) is 0 Å². The summed E-state index contributed by atoms with van der Waals surface area (Å²) < 4.78 is 5.76. The van der Waals surface area contributed by atoms with Gasteiger partial charge in [0.15, 0.2) is 5.96 Å². The average Bonchev–Trinajstić information content (AvgIpc) is 3.03. The smallest absolute Gasteiger partial charge is 0.191 e. The molecule has 1 saturated heterocycles. The van der Waals surface area contributed by atoms with E-state index in [0.29, 0.717) is 0 Å². The quantitative estimate of drug-likeness (QED) is 0.428. The Kier molecular flexibility index (Phi) is 8.02. The lowest BCUT2D eigenvalue weighted by Crippen LogP contribution is -2.48. The molecule has 5 nitrogen and oxygen atoms in total. The van der Waals surface area contributed by atoms with Crippen molar-refractivity contribution < 1.29 is 4.74 Å². The van der Waals surface area contributed by atoms with E-state index in [-0.39, 0.29) is 6.10 Å². The van der Waals surface area contributed by atoms with Gasteiger partial charge < -0.3 is 20.3 Å². The number of hydrogen-bond acceptors (Lipinski definition) is 3. The maximum absolute atomic E-state index is 5.76. The van der Waals surface area contributed by atoms with Crippen LogP contribution < -0.4 is 10.6 Å². The van der Waals surface area contributed by atoms with E-state index in [0.717, 1.165) is 44.7 Å². The third-order valence-electron chi connectivity index (χ3n) is 4.87. The Bertz CT molecular complexity index is 329. The highest BCUT2D eigenvalue weighted by Crippen LogP contribution is 2.28. The van der Waals surface area contributed by atoms with Gasteiger partial charge >= 0.3 is 0 Å². The molecule has 0 amide bonds. The Labute approximate surface area is 135 Å². The van der Waals surface area contributed by atoms with E-state index in [1.807, 2.05) is 7.05 Å². The molecule has 0 spiro atoms. The fourth-order valence-corrected chi connectivity index (χ4v) is 3.49. The number of likely N-dealkylation sites (N-methyl/N-ethyl adjacent to an activating group) is 1. The highest BCUT2D eigenvalue weighted by molar-refractivity contribution is 5.79. The monoisotopic (exact) mass is 310 g/mol. The van der Waals surface area contributed by atoms with Crippen LogP contribution in [0.15, 0.2) is 4.99 Å². The van der Waals surface area contributed by atoms with Gasteiger partial charge in [-0.25, -0.2) is 0 Å². The van der Waals surface area contributed by atoms with Crippen LogP contribution in [0.1, 0.15) is 44.9 Å². The summed E-state index contributed by atoms with van der Waals surface area (Å²) in [5.41, 5.74) is 0. The summed E-state index contributed by atoms with van der Waals surface area (Å²) in [6, 6.07) is 0. The van der Waals surface area contributed by atoms with Gasteiger partial charge in [-0.05, 0) is 19.4 Å². The number of rotatable bonds is 7. The number of hydrogen-bond donors (Lipinski definition) is 2. The molecule has 0 aromatic rings. The zero-order valence-electron chi connectivity index (χ0n) is 14.4. The molecule has 1 atom stereocenters. The van der Waals surface area contributed by atoms with E-state index in [1.165, 1.54) is 44.9 Å². The van der Waals surface area contributed by atoms with Crippen molar-refractivity contribution in [2.24, 2.45) is 10.9 Å². The van der Waals surface area contributed by atoms with Crippen LogP contribution in [0, 0.1) is 5.92 Å². The van der Waals surface area contributed by atoms with Crippen LogP contribution in [0.3, 0.4) is 0 Å². The van der Waals surface area contributed by atoms with Gasteiger partial charge in [-0.2, -0.15) is 0 Å². The van der Waals surface area contributed by atoms with Gasteiger partial charge in [-0.15, -0.1) is 0 Å². The minimum absolute atomic E-state index is 0.264. The number of ether oxygens (including phenoxy) is 1. The first-order valence-corrected chi connectivity index (χ1v) is 9.02. The Balaban J connectivity index is 1.51. The highest BCUT2D eigenvalue weighted by atomic mass is 16.5. The van der Waals surface area contributed by atoms with E-state index in [9.17, 15) is 0 Å². The first-order valence-electron chi connectivity index (χ1n) is 9.02. The molecule has 1 unspecified atom stereocenters. The number of morpholine rings is 1. The minimum Gasteiger partial charge on any atom is -0.374 e. The van der Waals surface area contributed by atoms with Gasteiger partial charge in [0, 0.05) is 33.2 Å². The summed E-state index contributed by atoms with van der Waals surface area (Å²) >= 11 is 0. The first kappa shape index (κ1) is 17.5. The van der Waals surface area contributed by atoms with Crippen molar-refractivity contribution in [1.29, 1.82) is 0 Å². The molecule has 2 rings (SSSR count). The predicted octanol–water partition coefficient (Wildman–Crippen LogP) is 1.84. The Hall–Kier alpha value is -0.810. The maximum Gasteiger partial charge on any atom is 0.191 e. The first-order chi connectivity index (χ1) is 10.8. The fourth-order valence-electron chi connectivity index (χ4n) is 3.49. The zero-order valence-corrected chi connectivity index (χ0v) is 14.4. The van der Waals surface area contributed by atoms with Crippen molar-refractivity contribution in [3.05, 3.63) is 0 Å².